The Kier molecular flexibility index (Phi) is 7.26. The average Bonchev–Trinajstić information content (AvgIpc) is 2.79. The third kappa shape index (κ3) is 4.43. The van der Waals surface area contributed by atoms with E-state index in [0.717, 1.165) is 17.0 Å². The van der Waals surface area contributed by atoms with Crippen LogP contribution in [0.25, 0.3) is 0 Å². The Hall–Kier alpha value is -2.87. The normalized spacial score (nSPS) is 18.6. The summed E-state index contributed by atoms with van der Waals surface area (Å²) in [5.74, 6) is -0.571. The minimum atomic E-state index is -0.988. The van der Waals surface area contributed by atoms with E-state index in [1.54, 1.807) is 11.0 Å². The molecule has 2 aliphatic carbocycles. The number of hydrogen-bond donors (Lipinski definition) is 1. The number of Topliss-reactive ketones (excluding diaryl/α,β-unsaturated/α-hetero) is 2. The summed E-state index contributed by atoms with van der Waals surface area (Å²) in [6.45, 7) is 6.02. The number of carboxylic acid groups (broad SMARTS) is 1. The number of ether oxygens (including phenoxy) is 2. The molecule has 7 nitrogen and oxygen atoms in total. The molecule has 1 N–H and O–H groups in total. The maximum atomic E-state index is 13.3. The van der Waals surface area contributed by atoms with Crippen LogP contribution < -0.4 is 9.47 Å². The van der Waals surface area contributed by atoms with Gasteiger partial charge in [0.1, 0.15) is 13.2 Å². The first-order chi connectivity index (χ1) is 16.4. The molecule has 0 saturated carbocycles. The predicted molar refractivity (Wildman–Crippen MR) is 130 cm³/mol. The molecule has 3 aliphatic rings. The topological polar surface area (TPSA) is 93.1 Å². The number of allylic oxidation sites excluding steroid dienone is 4. The van der Waals surface area contributed by atoms with E-state index in [9.17, 15) is 19.5 Å². The quantitative estimate of drug-likeness (QED) is 0.478. The second-order valence-electron chi connectivity index (χ2n) is 8.55. The Bertz CT molecular complexity index is 1070. The van der Waals surface area contributed by atoms with Gasteiger partial charge in [0.15, 0.2) is 23.1 Å². The summed E-state index contributed by atoms with van der Waals surface area (Å²) in [6.07, 6.45) is 4.95. The number of rotatable bonds is 8. The van der Waals surface area contributed by atoms with Crippen molar-refractivity contribution in [1.29, 1.82) is 0 Å². The molecule has 34 heavy (non-hydrogen) atoms. The van der Waals surface area contributed by atoms with Crippen LogP contribution in [-0.2, 0) is 14.4 Å². The van der Waals surface area contributed by atoms with Crippen molar-refractivity contribution in [3.8, 4) is 11.5 Å². The van der Waals surface area contributed by atoms with Gasteiger partial charge in [-0.25, -0.2) is 0 Å². The highest BCUT2D eigenvalue weighted by atomic mass is 79.9. The molecule has 1 aromatic carbocycles. The molecule has 1 aromatic rings. The average molecular weight is 530 g/mol. The maximum Gasteiger partial charge on any atom is 0.323 e. The van der Waals surface area contributed by atoms with Crippen molar-refractivity contribution in [3.63, 3.8) is 0 Å². The van der Waals surface area contributed by atoms with E-state index in [1.807, 2.05) is 19.1 Å². The molecule has 0 amide bonds. The Morgan fingerprint density at radius 3 is 2.26 bits per heavy atom. The summed E-state index contributed by atoms with van der Waals surface area (Å²) in [4.78, 5) is 40.0. The second-order valence-corrected chi connectivity index (χ2v) is 9.40. The first-order valence-corrected chi connectivity index (χ1v) is 12.4. The number of halogens is 1. The molecule has 8 heteroatoms. The number of aliphatic carboxylic acids is 1. The van der Waals surface area contributed by atoms with Gasteiger partial charge in [-0.2, -0.15) is 0 Å². The summed E-state index contributed by atoms with van der Waals surface area (Å²) >= 11 is 3.59. The van der Waals surface area contributed by atoms with E-state index in [-0.39, 0.29) is 18.1 Å². The summed E-state index contributed by atoms with van der Waals surface area (Å²) in [7, 11) is 0. The van der Waals surface area contributed by atoms with Crippen LogP contribution in [0.3, 0.4) is 0 Å². The van der Waals surface area contributed by atoms with E-state index in [1.165, 1.54) is 0 Å². The van der Waals surface area contributed by atoms with E-state index in [0.29, 0.717) is 78.9 Å². The number of carbonyl (C=O) groups is 3. The lowest BCUT2D eigenvalue weighted by Gasteiger charge is -2.43. The number of benzene rings is 1. The smallest absolute Gasteiger partial charge is 0.323 e. The summed E-state index contributed by atoms with van der Waals surface area (Å²) in [5.41, 5.74) is 3.30. The molecule has 0 saturated heterocycles. The number of hydrogen-bond acceptors (Lipinski definition) is 6. The van der Waals surface area contributed by atoms with Crippen molar-refractivity contribution in [2.75, 3.05) is 19.8 Å². The predicted octanol–water partition coefficient (Wildman–Crippen LogP) is 4.91. The van der Waals surface area contributed by atoms with Crippen molar-refractivity contribution in [3.05, 3.63) is 57.4 Å². The van der Waals surface area contributed by atoms with Crippen LogP contribution in [0.1, 0.15) is 56.9 Å². The molecule has 180 valence electrons. The van der Waals surface area contributed by atoms with Gasteiger partial charge in [-0.1, -0.05) is 12.7 Å². The molecule has 0 bridgehead atoms. The standard InChI is InChI=1S/C26H28BrNO6/c1-3-11-34-26-16(27)12-15(13-21(26)33-4-2)23-24-17(7-5-9-19(24)29)28(14-22(31)32)18-8-6-10-20(30)25(18)23/h3,12-13,23H,1,4-11,14H2,2H3,(H,31,32). The zero-order valence-electron chi connectivity index (χ0n) is 19.2. The van der Waals surface area contributed by atoms with Crippen LogP contribution in [0, 0.1) is 0 Å². The molecular weight excluding hydrogens is 502 g/mol. The van der Waals surface area contributed by atoms with Crippen LogP contribution in [0.2, 0.25) is 0 Å². The highest BCUT2D eigenvalue weighted by Crippen LogP contribution is 2.51. The first-order valence-electron chi connectivity index (χ1n) is 11.6. The third-order valence-electron chi connectivity index (χ3n) is 6.39. The largest absolute Gasteiger partial charge is 0.490 e. The van der Waals surface area contributed by atoms with Gasteiger partial charge in [-0.05, 0) is 66.2 Å². The molecule has 0 fully saturated rings. The fourth-order valence-corrected chi connectivity index (χ4v) is 5.75. The SMILES string of the molecule is C=CCOc1c(Br)cc(C2C3=C(CCCC3=O)N(CC(=O)O)C3=C2C(=O)CCC3)cc1OCC. The first kappa shape index (κ1) is 24.3. The third-order valence-corrected chi connectivity index (χ3v) is 6.98. The van der Waals surface area contributed by atoms with Gasteiger partial charge in [-0.15, -0.1) is 0 Å². The maximum absolute atomic E-state index is 13.3. The lowest BCUT2D eigenvalue weighted by Crippen LogP contribution is -2.41. The van der Waals surface area contributed by atoms with Gasteiger partial charge in [-0.3, -0.25) is 14.4 Å². The highest BCUT2D eigenvalue weighted by molar-refractivity contribution is 9.10. The Labute approximate surface area is 207 Å². The number of carboxylic acids is 1. The fraction of sp³-hybridized carbons (Fsp3) is 0.423. The van der Waals surface area contributed by atoms with Crippen LogP contribution >= 0.6 is 15.9 Å². The molecule has 1 aliphatic heterocycles. The minimum Gasteiger partial charge on any atom is -0.490 e. The van der Waals surface area contributed by atoms with Gasteiger partial charge < -0.3 is 19.5 Å². The summed E-state index contributed by atoms with van der Waals surface area (Å²) in [5, 5.41) is 9.59. The molecule has 0 radical (unpaired) electrons. The monoisotopic (exact) mass is 529 g/mol. The lowest BCUT2D eigenvalue weighted by atomic mass is 9.71. The van der Waals surface area contributed by atoms with E-state index in [2.05, 4.69) is 22.5 Å². The number of carbonyl (C=O) groups excluding carboxylic acids is 2. The van der Waals surface area contributed by atoms with Gasteiger partial charge in [0.05, 0.1) is 11.1 Å². The Balaban J connectivity index is 1.94. The molecule has 0 unspecified atom stereocenters. The molecule has 1 heterocycles. The van der Waals surface area contributed by atoms with Crippen LogP contribution in [-0.4, -0.2) is 47.3 Å². The number of ketones is 2. The van der Waals surface area contributed by atoms with Crippen molar-refractivity contribution in [1.82, 2.24) is 4.90 Å². The van der Waals surface area contributed by atoms with Crippen LogP contribution in [0.15, 0.2) is 51.8 Å². The molecule has 0 aromatic heterocycles. The van der Waals surface area contributed by atoms with E-state index in [4.69, 9.17) is 9.47 Å². The second kappa shape index (κ2) is 10.2. The zero-order chi connectivity index (χ0) is 24.4. The highest BCUT2D eigenvalue weighted by Gasteiger charge is 2.44. The van der Waals surface area contributed by atoms with E-state index >= 15 is 0 Å². The fourth-order valence-electron chi connectivity index (χ4n) is 5.18. The molecule has 0 atom stereocenters. The molecule has 0 spiro atoms. The molecule has 4 rings (SSSR count). The summed E-state index contributed by atoms with van der Waals surface area (Å²) in [6, 6.07) is 3.71. The van der Waals surface area contributed by atoms with Crippen LogP contribution in [0.5, 0.6) is 11.5 Å². The zero-order valence-corrected chi connectivity index (χ0v) is 20.8. The van der Waals surface area contributed by atoms with Crippen molar-refractivity contribution < 1.29 is 29.0 Å². The van der Waals surface area contributed by atoms with Crippen molar-refractivity contribution >= 4 is 33.5 Å². The van der Waals surface area contributed by atoms with Crippen molar-refractivity contribution in [2.24, 2.45) is 0 Å². The van der Waals surface area contributed by atoms with Gasteiger partial charge in [0.25, 0.3) is 0 Å². The van der Waals surface area contributed by atoms with E-state index < -0.39 is 11.9 Å². The summed E-state index contributed by atoms with van der Waals surface area (Å²) < 4.78 is 12.3. The van der Waals surface area contributed by atoms with Gasteiger partial charge in [0, 0.05) is 41.3 Å². The lowest BCUT2D eigenvalue weighted by molar-refractivity contribution is -0.138. The minimum absolute atomic E-state index is 0.0346. The Morgan fingerprint density at radius 1 is 1.12 bits per heavy atom. The van der Waals surface area contributed by atoms with Crippen LogP contribution in [0.4, 0.5) is 0 Å². The Morgan fingerprint density at radius 2 is 1.74 bits per heavy atom. The number of nitrogens with zero attached hydrogens (tertiary/aromatic N) is 1. The van der Waals surface area contributed by atoms with Gasteiger partial charge in [0.2, 0.25) is 0 Å². The molecular formula is C26H28BrNO6. The van der Waals surface area contributed by atoms with Gasteiger partial charge >= 0.3 is 5.97 Å². The van der Waals surface area contributed by atoms with Crippen molar-refractivity contribution in [2.45, 2.75) is 51.4 Å².